The smallest absolute Gasteiger partial charge is 0.264 e. The second-order valence-corrected chi connectivity index (χ2v) is 6.78. The van der Waals surface area contributed by atoms with Crippen LogP contribution in [-0.2, 0) is 24.3 Å². The molecule has 0 fully saturated rings. The van der Waals surface area contributed by atoms with E-state index in [1.54, 1.807) is 15.6 Å². The number of nitrogens with zero attached hydrogens (tertiary/aromatic N) is 4. The summed E-state index contributed by atoms with van der Waals surface area (Å²) in [6, 6.07) is 19.4. The molecule has 1 N–H and O–H groups in total. The molecule has 0 saturated heterocycles. The van der Waals surface area contributed by atoms with Crippen LogP contribution in [0.3, 0.4) is 0 Å². The monoisotopic (exact) mass is 387 g/mol. The Morgan fingerprint density at radius 2 is 1.66 bits per heavy atom. The Kier molecular flexibility index (Phi) is 5.47. The molecule has 0 bridgehead atoms. The van der Waals surface area contributed by atoms with Crippen LogP contribution in [0.5, 0.6) is 0 Å². The minimum absolute atomic E-state index is 0.0502. The Hall–Kier alpha value is -3.74. The highest BCUT2D eigenvalue weighted by molar-refractivity contribution is 5.78. The van der Waals surface area contributed by atoms with E-state index in [0.717, 1.165) is 11.1 Å². The van der Waals surface area contributed by atoms with Crippen LogP contribution in [0.15, 0.2) is 78.0 Å². The number of carbonyl (C=O) groups is 1. The van der Waals surface area contributed by atoms with Crippen molar-refractivity contribution in [3.8, 4) is 0 Å². The maximum Gasteiger partial charge on any atom is 0.264 e. The van der Waals surface area contributed by atoms with E-state index in [1.807, 2.05) is 60.7 Å². The molecule has 4 rings (SSSR count). The molecule has 7 heteroatoms. The third-order valence-electron chi connectivity index (χ3n) is 4.67. The summed E-state index contributed by atoms with van der Waals surface area (Å²) < 4.78 is 3.22. The molecule has 2 aromatic carbocycles. The fraction of sp³-hybridized carbons (Fsp3) is 0.182. The number of carbonyl (C=O) groups excluding carboxylic acids is 1. The van der Waals surface area contributed by atoms with Gasteiger partial charge in [-0.25, -0.2) is 9.67 Å². The summed E-state index contributed by atoms with van der Waals surface area (Å²) in [5.74, 6) is -0.0502. The fourth-order valence-corrected chi connectivity index (χ4v) is 3.20. The summed E-state index contributed by atoms with van der Waals surface area (Å²) in [7, 11) is 0. The molecule has 1 amide bonds. The summed E-state index contributed by atoms with van der Waals surface area (Å²) in [5.41, 5.74) is 2.40. The highest BCUT2D eigenvalue weighted by Crippen LogP contribution is 2.07. The van der Waals surface area contributed by atoms with Crippen molar-refractivity contribution in [3.63, 3.8) is 0 Å². The molecule has 29 heavy (non-hydrogen) atoms. The molecule has 4 aromatic rings. The van der Waals surface area contributed by atoms with Gasteiger partial charge in [0.05, 0.1) is 25.7 Å². The maximum absolute atomic E-state index is 12.7. The number of rotatable bonds is 7. The molecule has 7 nitrogen and oxygen atoms in total. The lowest BCUT2D eigenvalue weighted by molar-refractivity contribution is -0.120. The normalized spacial score (nSPS) is 10.9. The van der Waals surface area contributed by atoms with Crippen molar-refractivity contribution in [2.45, 2.75) is 19.5 Å². The fourth-order valence-electron chi connectivity index (χ4n) is 3.20. The van der Waals surface area contributed by atoms with Crippen LogP contribution < -0.4 is 10.9 Å². The minimum atomic E-state index is -0.127. The average Bonchev–Trinajstić information content (AvgIpc) is 3.15. The molecule has 0 spiro atoms. The van der Waals surface area contributed by atoms with Gasteiger partial charge in [-0.1, -0.05) is 60.7 Å². The SMILES string of the molecule is O=C(Cc1ccccc1)NCCn1ncc2c(=O)n(Cc3ccccc3)cnc21. The van der Waals surface area contributed by atoms with E-state index < -0.39 is 0 Å². The van der Waals surface area contributed by atoms with Crippen molar-refractivity contribution >= 4 is 16.9 Å². The zero-order valence-corrected chi connectivity index (χ0v) is 15.9. The first-order chi connectivity index (χ1) is 14.2. The Morgan fingerprint density at radius 1 is 0.966 bits per heavy atom. The Balaban J connectivity index is 1.40. The van der Waals surface area contributed by atoms with E-state index in [-0.39, 0.29) is 11.5 Å². The number of aromatic nitrogens is 4. The van der Waals surface area contributed by atoms with Crippen LogP contribution in [0.1, 0.15) is 11.1 Å². The van der Waals surface area contributed by atoms with Gasteiger partial charge in [-0.3, -0.25) is 14.2 Å². The zero-order chi connectivity index (χ0) is 20.1. The number of amides is 1. The predicted molar refractivity (Wildman–Crippen MR) is 110 cm³/mol. The van der Waals surface area contributed by atoms with Gasteiger partial charge < -0.3 is 5.32 Å². The average molecular weight is 387 g/mol. The highest BCUT2D eigenvalue weighted by Gasteiger charge is 2.11. The van der Waals surface area contributed by atoms with Crippen molar-refractivity contribution < 1.29 is 4.79 Å². The number of hydrogen-bond donors (Lipinski definition) is 1. The Labute approximate surface area is 167 Å². The number of hydrogen-bond acceptors (Lipinski definition) is 4. The number of benzene rings is 2. The first-order valence-electron chi connectivity index (χ1n) is 9.46. The van der Waals surface area contributed by atoms with E-state index in [0.29, 0.717) is 37.1 Å². The van der Waals surface area contributed by atoms with Crippen LogP contribution in [-0.4, -0.2) is 31.8 Å². The quantitative estimate of drug-likeness (QED) is 0.526. The Morgan fingerprint density at radius 3 is 2.38 bits per heavy atom. The summed E-state index contributed by atoms with van der Waals surface area (Å²) >= 11 is 0. The molecule has 2 aromatic heterocycles. The van der Waals surface area contributed by atoms with Crippen molar-refractivity contribution in [1.29, 1.82) is 0 Å². The van der Waals surface area contributed by atoms with Gasteiger partial charge >= 0.3 is 0 Å². The van der Waals surface area contributed by atoms with Crippen LogP contribution in [0.4, 0.5) is 0 Å². The van der Waals surface area contributed by atoms with Crippen LogP contribution in [0, 0.1) is 0 Å². The zero-order valence-electron chi connectivity index (χ0n) is 15.9. The van der Waals surface area contributed by atoms with E-state index in [9.17, 15) is 9.59 Å². The first kappa shape index (κ1) is 18.6. The van der Waals surface area contributed by atoms with Crippen LogP contribution >= 0.6 is 0 Å². The third kappa shape index (κ3) is 4.40. The molecule has 0 unspecified atom stereocenters. The molecule has 0 aliphatic rings. The van der Waals surface area contributed by atoms with Gasteiger partial charge in [0, 0.05) is 6.54 Å². The third-order valence-corrected chi connectivity index (χ3v) is 4.67. The highest BCUT2D eigenvalue weighted by atomic mass is 16.1. The summed E-state index contributed by atoms with van der Waals surface area (Å²) in [4.78, 5) is 29.2. The summed E-state index contributed by atoms with van der Waals surface area (Å²) in [6.07, 6.45) is 3.42. The molecular weight excluding hydrogens is 366 g/mol. The predicted octanol–water partition coefficient (Wildman–Crippen LogP) is 2.00. The lowest BCUT2D eigenvalue weighted by atomic mass is 10.1. The number of fused-ring (bicyclic) bond motifs is 1. The Bertz CT molecular complexity index is 1170. The lowest BCUT2D eigenvalue weighted by Crippen LogP contribution is -2.29. The second kappa shape index (κ2) is 8.52. The van der Waals surface area contributed by atoms with Crippen molar-refractivity contribution in [2.24, 2.45) is 0 Å². The molecule has 0 radical (unpaired) electrons. The van der Waals surface area contributed by atoms with Crippen molar-refractivity contribution in [2.75, 3.05) is 6.54 Å². The first-order valence-corrected chi connectivity index (χ1v) is 9.46. The molecule has 2 heterocycles. The van der Waals surface area contributed by atoms with Gasteiger partial charge in [0.2, 0.25) is 5.91 Å². The summed E-state index contributed by atoms with van der Waals surface area (Å²) in [6.45, 7) is 1.32. The molecule has 0 saturated carbocycles. The molecular formula is C22H21N5O2. The van der Waals surface area contributed by atoms with Gasteiger partial charge in [0.1, 0.15) is 11.7 Å². The molecule has 146 valence electrons. The minimum Gasteiger partial charge on any atom is -0.354 e. The van der Waals surface area contributed by atoms with Crippen molar-refractivity contribution in [1.82, 2.24) is 24.6 Å². The van der Waals surface area contributed by atoms with E-state index in [1.165, 1.54) is 6.20 Å². The number of nitrogens with one attached hydrogen (secondary N) is 1. The van der Waals surface area contributed by atoms with Gasteiger partial charge in [-0.15, -0.1) is 0 Å². The van der Waals surface area contributed by atoms with Gasteiger partial charge in [0.25, 0.3) is 5.56 Å². The summed E-state index contributed by atoms with van der Waals surface area (Å²) in [5, 5.41) is 7.63. The second-order valence-electron chi connectivity index (χ2n) is 6.78. The van der Waals surface area contributed by atoms with Crippen LogP contribution in [0.25, 0.3) is 11.0 Å². The van der Waals surface area contributed by atoms with E-state index in [4.69, 9.17) is 0 Å². The van der Waals surface area contributed by atoms with Gasteiger partial charge in [-0.05, 0) is 11.1 Å². The standard InChI is InChI=1S/C22H21N5O2/c28-20(13-17-7-3-1-4-8-17)23-11-12-27-21-19(14-25-27)22(29)26(16-24-21)15-18-9-5-2-6-10-18/h1-10,14,16H,11-13,15H2,(H,23,28). The molecule has 0 atom stereocenters. The molecule has 0 aliphatic carbocycles. The van der Waals surface area contributed by atoms with Gasteiger partial charge in [0.15, 0.2) is 5.65 Å². The topological polar surface area (TPSA) is 81.8 Å². The van der Waals surface area contributed by atoms with Gasteiger partial charge in [-0.2, -0.15) is 5.10 Å². The van der Waals surface area contributed by atoms with Crippen LogP contribution in [0.2, 0.25) is 0 Å². The maximum atomic E-state index is 12.7. The molecule has 0 aliphatic heterocycles. The van der Waals surface area contributed by atoms with Crippen molar-refractivity contribution in [3.05, 3.63) is 94.7 Å². The largest absolute Gasteiger partial charge is 0.354 e. The lowest BCUT2D eigenvalue weighted by Gasteiger charge is -2.08. The van der Waals surface area contributed by atoms with E-state index >= 15 is 0 Å². The van der Waals surface area contributed by atoms with E-state index in [2.05, 4.69) is 15.4 Å².